The summed E-state index contributed by atoms with van der Waals surface area (Å²) in [5, 5.41) is 13.8. The van der Waals surface area contributed by atoms with Crippen molar-refractivity contribution >= 4 is 33.6 Å². The smallest absolute Gasteiger partial charge is 0.319 e. The molecule has 8 heteroatoms. The number of rotatable bonds is 3. The number of carbonyl (C=O) groups excluding carboxylic acids is 1. The molecule has 0 spiro atoms. The van der Waals surface area contributed by atoms with Crippen molar-refractivity contribution in [1.29, 1.82) is 0 Å². The van der Waals surface area contributed by atoms with Gasteiger partial charge in [-0.1, -0.05) is 0 Å². The van der Waals surface area contributed by atoms with Gasteiger partial charge in [-0.05, 0) is 47.7 Å². The molecule has 22 heavy (non-hydrogen) atoms. The highest BCUT2D eigenvalue weighted by atomic mass is 79.9. The zero-order valence-electron chi connectivity index (χ0n) is 11.5. The summed E-state index contributed by atoms with van der Waals surface area (Å²) in [6.07, 6.45) is 2.06. The molecular weight excluding hydrogens is 362 g/mol. The topological polar surface area (TPSA) is 78.4 Å². The zero-order chi connectivity index (χ0) is 16.3. The predicted molar refractivity (Wildman–Crippen MR) is 79.6 cm³/mol. The number of amides is 2. The van der Waals surface area contributed by atoms with E-state index in [4.69, 9.17) is 5.11 Å². The van der Waals surface area contributed by atoms with Crippen LogP contribution in [0.3, 0.4) is 0 Å². The Kier molecular flexibility index (Phi) is 5.33. The monoisotopic (exact) mass is 376 g/mol. The van der Waals surface area contributed by atoms with Crippen molar-refractivity contribution in [3.05, 3.63) is 28.2 Å². The summed E-state index contributed by atoms with van der Waals surface area (Å²) < 4.78 is 26.9. The number of nitrogens with one attached hydrogen (secondary N) is 2. The van der Waals surface area contributed by atoms with Gasteiger partial charge in [-0.3, -0.25) is 4.79 Å². The first-order valence-electron chi connectivity index (χ1n) is 6.81. The lowest BCUT2D eigenvalue weighted by atomic mass is 9.86. The lowest BCUT2D eigenvalue weighted by Gasteiger charge is -2.26. The fourth-order valence-electron chi connectivity index (χ4n) is 2.45. The largest absolute Gasteiger partial charge is 0.481 e. The minimum Gasteiger partial charge on any atom is -0.481 e. The van der Waals surface area contributed by atoms with E-state index in [1.54, 1.807) is 0 Å². The maximum Gasteiger partial charge on any atom is 0.319 e. The first kappa shape index (κ1) is 16.7. The molecule has 1 saturated carbocycles. The second-order valence-electron chi connectivity index (χ2n) is 5.23. The Morgan fingerprint density at radius 3 is 2.36 bits per heavy atom. The molecule has 2 rings (SSSR count). The third-order valence-electron chi connectivity index (χ3n) is 3.67. The molecule has 120 valence electrons. The van der Waals surface area contributed by atoms with Gasteiger partial charge >= 0.3 is 12.0 Å². The summed E-state index contributed by atoms with van der Waals surface area (Å²) in [5.74, 6) is -2.63. The van der Waals surface area contributed by atoms with Crippen LogP contribution in [0.25, 0.3) is 0 Å². The average molecular weight is 377 g/mol. The van der Waals surface area contributed by atoms with Gasteiger partial charge < -0.3 is 15.7 Å². The second-order valence-corrected chi connectivity index (χ2v) is 6.09. The number of carboxylic acid groups (broad SMARTS) is 1. The van der Waals surface area contributed by atoms with Crippen LogP contribution in [0, 0.1) is 17.6 Å². The van der Waals surface area contributed by atoms with Gasteiger partial charge in [0.15, 0.2) is 0 Å². The van der Waals surface area contributed by atoms with Crippen molar-refractivity contribution in [3.63, 3.8) is 0 Å². The summed E-state index contributed by atoms with van der Waals surface area (Å²) >= 11 is 2.85. The predicted octanol–water partition coefficient (Wildman–Crippen LogP) is 3.49. The van der Waals surface area contributed by atoms with Crippen molar-refractivity contribution in [2.75, 3.05) is 5.32 Å². The van der Waals surface area contributed by atoms with E-state index in [0.717, 1.165) is 12.1 Å². The molecule has 3 N–H and O–H groups in total. The first-order chi connectivity index (χ1) is 10.4. The number of hydrogen-bond donors (Lipinski definition) is 3. The summed E-state index contributed by atoms with van der Waals surface area (Å²) in [6, 6.07) is 1.02. The van der Waals surface area contributed by atoms with Crippen molar-refractivity contribution < 1.29 is 23.5 Å². The van der Waals surface area contributed by atoms with Gasteiger partial charge in [0.2, 0.25) is 0 Å². The van der Waals surface area contributed by atoms with Crippen LogP contribution in [-0.2, 0) is 4.79 Å². The van der Waals surface area contributed by atoms with Gasteiger partial charge in [0.25, 0.3) is 0 Å². The third kappa shape index (κ3) is 4.16. The number of carboxylic acids is 1. The fourth-order valence-corrected chi connectivity index (χ4v) is 2.76. The molecule has 0 aromatic heterocycles. The Hall–Kier alpha value is -1.70. The average Bonchev–Trinajstić information content (AvgIpc) is 2.45. The van der Waals surface area contributed by atoms with Crippen LogP contribution in [0.4, 0.5) is 19.3 Å². The van der Waals surface area contributed by atoms with E-state index < -0.39 is 23.6 Å². The Morgan fingerprint density at radius 2 is 1.77 bits per heavy atom. The lowest BCUT2D eigenvalue weighted by Crippen LogP contribution is -2.41. The molecule has 1 aliphatic carbocycles. The number of halogens is 3. The summed E-state index contributed by atoms with van der Waals surface area (Å²) in [6.45, 7) is 0. The lowest BCUT2D eigenvalue weighted by molar-refractivity contribution is -0.142. The number of hydrogen-bond acceptors (Lipinski definition) is 2. The number of anilines is 1. The molecule has 1 aliphatic rings. The van der Waals surface area contributed by atoms with Crippen LogP contribution in [0.15, 0.2) is 16.6 Å². The zero-order valence-corrected chi connectivity index (χ0v) is 13.1. The molecule has 0 saturated heterocycles. The Bertz CT molecular complexity index is 590. The quantitative estimate of drug-likeness (QED) is 0.706. The molecule has 0 heterocycles. The second kappa shape index (κ2) is 7.04. The van der Waals surface area contributed by atoms with Gasteiger partial charge in [0.1, 0.15) is 11.6 Å². The molecule has 0 unspecified atom stereocenters. The maximum absolute atomic E-state index is 13.6. The summed E-state index contributed by atoms with van der Waals surface area (Å²) in [5.41, 5.74) is -0.252. The van der Waals surface area contributed by atoms with Crippen molar-refractivity contribution in [2.45, 2.75) is 31.7 Å². The van der Waals surface area contributed by atoms with Crippen molar-refractivity contribution in [1.82, 2.24) is 5.32 Å². The van der Waals surface area contributed by atoms with Gasteiger partial charge in [0, 0.05) is 12.1 Å². The maximum atomic E-state index is 13.6. The molecule has 1 aromatic rings. The van der Waals surface area contributed by atoms with Crippen molar-refractivity contribution in [3.8, 4) is 0 Å². The minimum absolute atomic E-state index is 0.0250. The third-order valence-corrected chi connectivity index (χ3v) is 4.28. The van der Waals surface area contributed by atoms with Crippen LogP contribution in [-0.4, -0.2) is 23.1 Å². The number of urea groups is 1. The molecule has 2 amide bonds. The molecule has 1 aromatic carbocycles. The van der Waals surface area contributed by atoms with Gasteiger partial charge in [0.05, 0.1) is 16.1 Å². The number of aliphatic carboxylic acids is 1. The highest BCUT2D eigenvalue weighted by Gasteiger charge is 2.26. The highest BCUT2D eigenvalue weighted by molar-refractivity contribution is 9.10. The van der Waals surface area contributed by atoms with Crippen LogP contribution < -0.4 is 10.6 Å². The van der Waals surface area contributed by atoms with Crippen LogP contribution in [0.2, 0.25) is 0 Å². The standard InChI is InChI=1S/C14H15BrF2N2O3/c15-9-5-11(17)12(6-10(9)16)19-14(22)18-8-3-1-7(2-4-8)13(20)21/h5-8H,1-4H2,(H,20,21)(H2,18,19,22). The SMILES string of the molecule is O=C(Nc1cc(F)c(Br)cc1F)NC1CCC(C(=O)O)CC1. The van der Waals surface area contributed by atoms with E-state index in [2.05, 4.69) is 26.6 Å². The van der Waals surface area contributed by atoms with Gasteiger partial charge in [-0.25, -0.2) is 13.6 Å². The van der Waals surface area contributed by atoms with Crippen LogP contribution >= 0.6 is 15.9 Å². The summed E-state index contributed by atoms with van der Waals surface area (Å²) in [7, 11) is 0. The highest BCUT2D eigenvalue weighted by Crippen LogP contribution is 2.25. The molecule has 0 radical (unpaired) electrons. The molecule has 0 bridgehead atoms. The summed E-state index contributed by atoms with van der Waals surface area (Å²) in [4.78, 5) is 22.6. The van der Waals surface area contributed by atoms with E-state index in [0.29, 0.717) is 25.7 Å². The fraction of sp³-hybridized carbons (Fsp3) is 0.429. The van der Waals surface area contributed by atoms with Crippen LogP contribution in [0.1, 0.15) is 25.7 Å². The van der Waals surface area contributed by atoms with Gasteiger partial charge in [-0.15, -0.1) is 0 Å². The molecule has 0 aliphatic heterocycles. The minimum atomic E-state index is -0.824. The molecule has 1 fully saturated rings. The molecule has 0 atom stereocenters. The van der Waals surface area contributed by atoms with E-state index in [1.165, 1.54) is 0 Å². The van der Waals surface area contributed by atoms with E-state index >= 15 is 0 Å². The van der Waals surface area contributed by atoms with Crippen molar-refractivity contribution in [2.24, 2.45) is 5.92 Å². The molecular formula is C14H15BrF2N2O3. The van der Waals surface area contributed by atoms with Crippen LogP contribution in [0.5, 0.6) is 0 Å². The normalized spacial score (nSPS) is 21.2. The Labute approximate surface area is 134 Å². The Morgan fingerprint density at radius 1 is 1.14 bits per heavy atom. The first-order valence-corrected chi connectivity index (χ1v) is 7.61. The number of carbonyl (C=O) groups is 2. The van der Waals surface area contributed by atoms with Gasteiger partial charge in [-0.2, -0.15) is 0 Å². The number of benzene rings is 1. The Balaban J connectivity index is 1.89. The van der Waals surface area contributed by atoms with E-state index in [9.17, 15) is 18.4 Å². The van der Waals surface area contributed by atoms with E-state index in [1.807, 2.05) is 0 Å². The molecule has 5 nitrogen and oxygen atoms in total. The van der Waals surface area contributed by atoms with E-state index in [-0.39, 0.29) is 22.1 Å².